The van der Waals surface area contributed by atoms with Gasteiger partial charge in [0.05, 0.1) is 11.6 Å². The number of imidazole rings is 1. The Morgan fingerprint density at radius 1 is 1.14 bits per heavy atom. The van der Waals surface area contributed by atoms with Crippen LogP contribution in [0.15, 0.2) is 48.8 Å². The normalized spacial score (nSPS) is 17.9. The van der Waals surface area contributed by atoms with Crippen molar-refractivity contribution in [3.05, 3.63) is 60.2 Å². The Hall–Kier alpha value is -2.69. The number of nitrogens with one attached hydrogen (secondary N) is 1. The molecule has 1 N–H and O–H groups in total. The summed E-state index contributed by atoms with van der Waals surface area (Å²) in [4.78, 5) is 16.3. The smallest absolute Gasteiger partial charge is 0.227 e. The highest BCUT2D eigenvalue weighted by molar-refractivity contribution is 5.85. The summed E-state index contributed by atoms with van der Waals surface area (Å²) in [6, 6.07) is 10.1. The van der Waals surface area contributed by atoms with Crippen molar-refractivity contribution in [3.63, 3.8) is 0 Å². The van der Waals surface area contributed by atoms with Crippen LogP contribution in [0.3, 0.4) is 0 Å². The lowest BCUT2D eigenvalue weighted by atomic mass is 10.00. The van der Waals surface area contributed by atoms with Crippen LogP contribution in [0, 0.1) is 5.82 Å². The zero-order valence-electron chi connectivity index (χ0n) is 11.8. The summed E-state index contributed by atoms with van der Waals surface area (Å²) < 4.78 is 14.9. The molecule has 4 rings (SSSR count). The quantitative estimate of drug-likeness (QED) is 0.790. The van der Waals surface area contributed by atoms with Crippen molar-refractivity contribution in [2.75, 3.05) is 6.54 Å². The van der Waals surface area contributed by atoms with Gasteiger partial charge >= 0.3 is 0 Å². The SMILES string of the molecule is O=C1NCCC1c1ccc2nc(-c3ccc(F)cc3)cn2c1. The molecule has 1 aliphatic heterocycles. The van der Waals surface area contributed by atoms with E-state index in [1.807, 2.05) is 28.9 Å². The van der Waals surface area contributed by atoms with Crippen molar-refractivity contribution in [2.24, 2.45) is 0 Å². The highest BCUT2D eigenvalue weighted by Crippen LogP contribution is 2.25. The maximum Gasteiger partial charge on any atom is 0.227 e. The first kappa shape index (κ1) is 13.0. The van der Waals surface area contributed by atoms with E-state index in [9.17, 15) is 9.18 Å². The number of carbonyl (C=O) groups is 1. The van der Waals surface area contributed by atoms with Crippen LogP contribution < -0.4 is 5.32 Å². The maximum absolute atomic E-state index is 13.0. The van der Waals surface area contributed by atoms with Crippen molar-refractivity contribution in [1.82, 2.24) is 14.7 Å². The summed E-state index contributed by atoms with van der Waals surface area (Å²) in [5, 5.41) is 2.85. The number of benzene rings is 1. The molecule has 1 aromatic carbocycles. The highest BCUT2D eigenvalue weighted by Gasteiger charge is 2.26. The summed E-state index contributed by atoms with van der Waals surface area (Å²) in [7, 11) is 0. The largest absolute Gasteiger partial charge is 0.356 e. The molecule has 3 heterocycles. The second kappa shape index (κ2) is 4.94. The summed E-state index contributed by atoms with van der Waals surface area (Å²) in [6.07, 6.45) is 4.67. The number of fused-ring (bicyclic) bond motifs is 1. The third-order valence-corrected chi connectivity index (χ3v) is 4.07. The molecule has 0 aliphatic carbocycles. The van der Waals surface area contributed by atoms with Crippen molar-refractivity contribution < 1.29 is 9.18 Å². The first-order valence-electron chi connectivity index (χ1n) is 7.23. The van der Waals surface area contributed by atoms with E-state index in [2.05, 4.69) is 10.3 Å². The third-order valence-electron chi connectivity index (χ3n) is 4.07. The lowest BCUT2D eigenvalue weighted by Gasteiger charge is -2.07. The molecule has 1 saturated heterocycles. The molecule has 0 radical (unpaired) electrons. The Kier molecular flexibility index (Phi) is 2.92. The minimum Gasteiger partial charge on any atom is -0.356 e. The van der Waals surface area contributed by atoms with Crippen molar-refractivity contribution in [3.8, 4) is 11.3 Å². The van der Waals surface area contributed by atoms with Crippen LogP contribution in [0.25, 0.3) is 16.9 Å². The van der Waals surface area contributed by atoms with Gasteiger partial charge in [0.15, 0.2) is 0 Å². The predicted octanol–water partition coefficient (Wildman–Crippen LogP) is 2.74. The standard InChI is InChI=1S/C17H14FN3O/c18-13-4-1-11(2-5-13)15-10-21-9-12(3-6-16(21)20-15)14-7-8-19-17(14)22/h1-6,9-10,14H,7-8H2,(H,19,22). The van der Waals surface area contributed by atoms with Gasteiger partial charge in [0.2, 0.25) is 5.91 Å². The second-order valence-corrected chi connectivity index (χ2v) is 5.49. The number of amides is 1. The van der Waals surface area contributed by atoms with Gasteiger partial charge in [-0.3, -0.25) is 4.79 Å². The van der Waals surface area contributed by atoms with E-state index in [4.69, 9.17) is 0 Å². The molecule has 1 aliphatic rings. The minimum atomic E-state index is -0.262. The fourth-order valence-corrected chi connectivity index (χ4v) is 2.89. The van der Waals surface area contributed by atoms with Crippen LogP contribution in [-0.2, 0) is 4.79 Å². The number of carbonyl (C=O) groups excluding carboxylic acids is 1. The molecule has 3 aromatic rings. The summed E-state index contributed by atoms with van der Waals surface area (Å²) in [6.45, 7) is 0.728. The van der Waals surface area contributed by atoms with Crippen LogP contribution in [0.1, 0.15) is 17.9 Å². The average Bonchev–Trinajstić information content (AvgIpc) is 3.13. The van der Waals surface area contributed by atoms with E-state index in [1.54, 1.807) is 12.1 Å². The van der Waals surface area contributed by atoms with Gasteiger partial charge < -0.3 is 9.72 Å². The van der Waals surface area contributed by atoms with E-state index in [-0.39, 0.29) is 17.6 Å². The lowest BCUT2D eigenvalue weighted by Crippen LogP contribution is -2.18. The van der Waals surface area contributed by atoms with Crippen LogP contribution in [0.2, 0.25) is 0 Å². The van der Waals surface area contributed by atoms with E-state index in [1.165, 1.54) is 12.1 Å². The van der Waals surface area contributed by atoms with Crippen LogP contribution >= 0.6 is 0 Å². The number of pyridine rings is 1. The topological polar surface area (TPSA) is 46.4 Å². The molecular formula is C17H14FN3O. The number of halogens is 1. The van der Waals surface area contributed by atoms with Gasteiger partial charge in [-0.2, -0.15) is 0 Å². The first-order valence-corrected chi connectivity index (χ1v) is 7.23. The molecule has 1 unspecified atom stereocenters. The molecule has 1 fully saturated rings. The Balaban J connectivity index is 1.74. The van der Waals surface area contributed by atoms with Crippen LogP contribution in [-0.4, -0.2) is 21.8 Å². The number of hydrogen-bond donors (Lipinski definition) is 1. The van der Waals surface area contributed by atoms with Gasteiger partial charge in [-0.05, 0) is 42.3 Å². The number of aromatic nitrogens is 2. The number of nitrogens with zero attached hydrogens (tertiary/aromatic N) is 2. The van der Waals surface area contributed by atoms with Crippen LogP contribution in [0.5, 0.6) is 0 Å². The zero-order chi connectivity index (χ0) is 15.1. The molecule has 0 spiro atoms. The van der Waals surface area contributed by atoms with E-state index in [0.29, 0.717) is 0 Å². The maximum atomic E-state index is 13.0. The fraction of sp³-hybridized carbons (Fsp3) is 0.176. The Morgan fingerprint density at radius 2 is 1.95 bits per heavy atom. The molecule has 4 nitrogen and oxygen atoms in total. The summed E-state index contributed by atoms with van der Waals surface area (Å²) in [5.41, 5.74) is 3.45. The number of rotatable bonds is 2. The lowest BCUT2D eigenvalue weighted by molar-refractivity contribution is -0.120. The summed E-state index contributed by atoms with van der Waals surface area (Å²) >= 11 is 0. The second-order valence-electron chi connectivity index (χ2n) is 5.49. The fourth-order valence-electron chi connectivity index (χ4n) is 2.89. The highest BCUT2D eigenvalue weighted by atomic mass is 19.1. The molecule has 22 heavy (non-hydrogen) atoms. The van der Waals surface area contributed by atoms with E-state index < -0.39 is 0 Å². The van der Waals surface area contributed by atoms with E-state index in [0.717, 1.165) is 35.4 Å². The van der Waals surface area contributed by atoms with Gasteiger partial charge in [-0.1, -0.05) is 6.07 Å². The van der Waals surface area contributed by atoms with Crippen molar-refractivity contribution >= 4 is 11.6 Å². The molecule has 0 saturated carbocycles. The van der Waals surface area contributed by atoms with Gasteiger partial charge in [-0.15, -0.1) is 0 Å². The van der Waals surface area contributed by atoms with E-state index >= 15 is 0 Å². The Bertz CT molecular complexity index is 854. The molecule has 1 atom stereocenters. The summed E-state index contributed by atoms with van der Waals surface area (Å²) in [5.74, 6) is -0.263. The minimum absolute atomic E-state index is 0.0817. The zero-order valence-corrected chi connectivity index (χ0v) is 11.8. The van der Waals surface area contributed by atoms with Gasteiger partial charge in [0.25, 0.3) is 0 Å². The molecule has 110 valence electrons. The third kappa shape index (κ3) is 2.15. The van der Waals surface area contributed by atoms with Gasteiger partial charge in [0.1, 0.15) is 11.5 Å². The molecular weight excluding hydrogens is 281 g/mol. The van der Waals surface area contributed by atoms with Gasteiger partial charge in [-0.25, -0.2) is 9.37 Å². The average molecular weight is 295 g/mol. The predicted molar refractivity (Wildman–Crippen MR) is 81.0 cm³/mol. The molecule has 0 bridgehead atoms. The Labute approximate surface area is 126 Å². The van der Waals surface area contributed by atoms with Crippen molar-refractivity contribution in [1.29, 1.82) is 0 Å². The van der Waals surface area contributed by atoms with Gasteiger partial charge in [0, 0.05) is 24.5 Å². The molecule has 2 aromatic heterocycles. The van der Waals surface area contributed by atoms with Crippen molar-refractivity contribution in [2.45, 2.75) is 12.3 Å². The molecule has 5 heteroatoms. The number of hydrogen-bond acceptors (Lipinski definition) is 2. The monoisotopic (exact) mass is 295 g/mol. The Morgan fingerprint density at radius 3 is 2.68 bits per heavy atom. The first-order chi connectivity index (χ1) is 10.7. The molecule has 1 amide bonds. The van der Waals surface area contributed by atoms with Crippen LogP contribution in [0.4, 0.5) is 4.39 Å².